The molecule has 1 unspecified atom stereocenters. The maximum atomic E-state index is 11.9. The molecule has 1 heterocycles. The number of nitrogens with zero attached hydrogens (tertiary/aromatic N) is 1. The monoisotopic (exact) mass is 244 g/mol. The van der Waals surface area contributed by atoms with Gasteiger partial charge in [-0.2, -0.15) is 0 Å². The van der Waals surface area contributed by atoms with Crippen molar-refractivity contribution >= 4 is 28.0 Å². The van der Waals surface area contributed by atoms with Crippen molar-refractivity contribution in [2.45, 2.75) is 6.04 Å². The number of hydrogen-bond acceptors (Lipinski definition) is 5. The maximum absolute atomic E-state index is 11.9. The molecule has 1 aromatic carbocycles. The average Bonchev–Trinajstić information content (AvgIpc) is 2.94. The van der Waals surface area contributed by atoms with E-state index < -0.39 is 17.6 Å². The first-order chi connectivity index (χ1) is 8.27. The minimum atomic E-state index is -0.593. The summed E-state index contributed by atoms with van der Waals surface area (Å²) in [6, 6.07) is 6.46. The molecule has 2 aromatic rings. The van der Waals surface area contributed by atoms with Gasteiger partial charge in [-0.25, -0.2) is 4.98 Å². The second-order valence-corrected chi connectivity index (χ2v) is 4.59. The van der Waals surface area contributed by atoms with E-state index in [2.05, 4.69) is 10.3 Å². The number of Topliss-reactive ketones (excluding diaryl/α,β-unsaturated/α-hetero) is 2. The van der Waals surface area contributed by atoms with E-state index in [1.54, 1.807) is 24.4 Å². The summed E-state index contributed by atoms with van der Waals surface area (Å²) < 4.78 is 0. The van der Waals surface area contributed by atoms with E-state index in [-0.39, 0.29) is 0 Å². The molecule has 3 rings (SSSR count). The smallest absolute Gasteiger partial charge is 0.231 e. The van der Waals surface area contributed by atoms with Gasteiger partial charge in [0.25, 0.3) is 0 Å². The number of benzene rings is 1. The Morgan fingerprint density at radius 1 is 1.24 bits per heavy atom. The van der Waals surface area contributed by atoms with E-state index in [1.807, 2.05) is 11.4 Å². The molecule has 0 spiro atoms. The van der Waals surface area contributed by atoms with E-state index in [0.717, 1.165) is 5.56 Å². The van der Waals surface area contributed by atoms with Crippen molar-refractivity contribution in [2.24, 2.45) is 0 Å². The second-order valence-electron chi connectivity index (χ2n) is 3.70. The van der Waals surface area contributed by atoms with Crippen LogP contribution in [0.25, 0.3) is 0 Å². The van der Waals surface area contributed by atoms with Gasteiger partial charge in [-0.3, -0.25) is 9.59 Å². The molecule has 4 nitrogen and oxygen atoms in total. The number of carbonyl (C=O) groups is 2. The molecule has 5 heteroatoms. The van der Waals surface area contributed by atoms with Gasteiger partial charge in [0, 0.05) is 17.1 Å². The lowest BCUT2D eigenvalue weighted by atomic mass is 10.1. The highest BCUT2D eigenvalue weighted by Gasteiger charge is 2.38. The third-order valence-corrected chi connectivity index (χ3v) is 3.41. The molecule has 0 bridgehead atoms. The number of thiazole rings is 1. The molecule has 0 saturated heterocycles. The Hall–Kier alpha value is -2.01. The largest absolute Gasteiger partial charge is 0.347 e. The summed E-state index contributed by atoms with van der Waals surface area (Å²) in [5.41, 5.74) is 1.23. The minimum Gasteiger partial charge on any atom is -0.347 e. The summed E-state index contributed by atoms with van der Waals surface area (Å²) in [5.74, 6) is -0.837. The van der Waals surface area contributed by atoms with Crippen molar-refractivity contribution in [1.82, 2.24) is 4.98 Å². The lowest BCUT2D eigenvalue weighted by Gasteiger charge is -2.10. The molecule has 1 aliphatic carbocycles. The van der Waals surface area contributed by atoms with E-state index >= 15 is 0 Å². The number of nitrogens with one attached hydrogen (secondary N) is 1. The normalized spacial score (nSPS) is 18.2. The molecule has 0 saturated carbocycles. The van der Waals surface area contributed by atoms with Crippen molar-refractivity contribution in [3.63, 3.8) is 0 Å². The van der Waals surface area contributed by atoms with Crippen molar-refractivity contribution in [3.8, 4) is 0 Å². The number of anilines is 1. The van der Waals surface area contributed by atoms with E-state index in [9.17, 15) is 9.59 Å². The highest BCUT2D eigenvalue weighted by molar-refractivity contribution is 7.13. The van der Waals surface area contributed by atoms with Crippen LogP contribution in [0, 0.1) is 0 Å². The highest BCUT2D eigenvalue weighted by Crippen LogP contribution is 2.31. The SMILES string of the molecule is O=C1C(=O)C(Nc2nccs2)c2ccccc21. The first-order valence-corrected chi connectivity index (χ1v) is 5.99. The number of fused-ring (bicyclic) bond motifs is 1. The molecular weight excluding hydrogens is 236 g/mol. The van der Waals surface area contributed by atoms with Crippen molar-refractivity contribution in [2.75, 3.05) is 5.32 Å². The first kappa shape index (κ1) is 10.2. The lowest BCUT2D eigenvalue weighted by Crippen LogP contribution is -2.19. The molecule has 17 heavy (non-hydrogen) atoms. The molecule has 1 N–H and O–H groups in total. The van der Waals surface area contributed by atoms with Crippen molar-refractivity contribution in [1.29, 1.82) is 0 Å². The quantitative estimate of drug-likeness (QED) is 0.821. The van der Waals surface area contributed by atoms with E-state index in [0.29, 0.717) is 10.7 Å². The van der Waals surface area contributed by atoms with Crippen LogP contribution in [0.4, 0.5) is 5.13 Å². The molecule has 0 fully saturated rings. The number of ketones is 2. The van der Waals surface area contributed by atoms with Crippen LogP contribution in [0.3, 0.4) is 0 Å². The Morgan fingerprint density at radius 2 is 2.06 bits per heavy atom. The molecule has 0 radical (unpaired) electrons. The van der Waals surface area contributed by atoms with Crippen molar-refractivity contribution < 1.29 is 9.59 Å². The zero-order valence-electron chi connectivity index (χ0n) is 8.71. The number of rotatable bonds is 2. The van der Waals surface area contributed by atoms with Crippen LogP contribution in [0.1, 0.15) is 22.0 Å². The Kier molecular flexibility index (Phi) is 2.26. The van der Waals surface area contributed by atoms with Gasteiger partial charge in [-0.05, 0) is 5.56 Å². The van der Waals surface area contributed by atoms with Crippen LogP contribution in [0.15, 0.2) is 35.8 Å². The number of aromatic nitrogens is 1. The summed E-state index contributed by atoms with van der Waals surface area (Å²) in [5, 5.41) is 5.46. The summed E-state index contributed by atoms with van der Waals surface area (Å²) >= 11 is 1.40. The Balaban J connectivity index is 2.01. The minimum absolute atomic E-state index is 0.415. The predicted octanol–water partition coefficient (Wildman–Crippen LogP) is 2.06. The van der Waals surface area contributed by atoms with E-state index in [1.165, 1.54) is 11.3 Å². The summed E-state index contributed by atoms with van der Waals surface area (Å²) in [6.07, 6.45) is 1.65. The van der Waals surface area contributed by atoms with Crippen LogP contribution in [-0.2, 0) is 4.79 Å². The highest BCUT2D eigenvalue weighted by atomic mass is 32.1. The van der Waals surface area contributed by atoms with Crippen LogP contribution < -0.4 is 5.32 Å². The second kappa shape index (κ2) is 3.78. The summed E-state index contributed by atoms with van der Waals surface area (Å²) in [4.78, 5) is 27.6. The van der Waals surface area contributed by atoms with Gasteiger partial charge in [-0.1, -0.05) is 24.3 Å². The topological polar surface area (TPSA) is 59.1 Å². The zero-order valence-corrected chi connectivity index (χ0v) is 9.53. The van der Waals surface area contributed by atoms with Gasteiger partial charge in [0.2, 0.25) is 11.6 Å². The van der Waals surface area contributed by atoms with Crippen LogP contribution in [0.2, 0.25) is 0 Å². The first-order valence-electron chi connectivity index (χ1n) is 5.11. The van der Waals surface area contributed by atoms with Gasteiger partial charge in [0.05, 0.1) is 0 Å². The van der Waals surface area contributed by atoms with Crippen LogP contribution >= 0.6 is 11.3 Å². The fraction of sp³-hybridized carbons (Fsp3) is 0.0833. The van der Waals surface area contributed by atoms with Gasteiger partial charge in [0.1, 0.15) is 6.04 Å². The third-order valence-electron chi connectivity index (χ3n) is 2.70. The lowest BCUT2D eigenvalue weighted by molar-refractivity contribution is -0.115. The van der Waals surface area contributed by atoms with E-state index in [4.69, 9.17) is 0 Å². The van der Waals surface area contributed by atoms with Crippen molar-refractivity contribution in [3.05, 3.63) is 47.0 Å². The van der Waals surface area contributed by atoms with Gasteiger partial charge in [0.15, 0.2) is 5.13 Å². The predicted molar refractivity (Wildman–Crippen MR) is 64.3 cm³/mol. The summed E-state index contributed by atoms with van der Waals surface area (Å²) in [7, 11) is 0. The molecule has 0 aliphatic heterocycles. The molecule has 1 aliphatic rings. The maximum Gasteiger partial charge on any atom is 0.231 e. The molecule has 1 aromatic heterocycles. The third kappa shape index (κ3) is 1.55. The Bertz CT molecular complexity index is 592. The number of hydrogen-bond donors (Lipinski definition) is 1. The molecule has 0 amide bonds. The average molecular weight is 244 g/mol. The Morgan fingerprint density at radius 3 is 2.82 bits per heavy atom. The van der Waals surface area contributed by atoms with Gasteiger partial charge in [-0.15, -0.1) is 11.3 Å². The molecule has 84 valence electrons. The van der Waals surface area contributed by atoms with Crippen LogP contribution in [-0.4, -0.2) is 16.6 Å². The van der Waals surface area contributed by atoms with Gasteiger partial charge < -0.3 is 5.32 Å². The standard InChI is InChI=1S/C12H8N2O2S/c15-10-8-4-2-1-3-7(8)9(11(10)16)14-12-13-5-6-17-12/h1-6,9H,(H,13,14). The number of carbonyl (C=O) groups excluding carboxylic acids is 2. The molecular formula is C12H8N2O2S. The Labute approximate surface area is 101 Å². The van der Waals surface area contributed by atoms with Gasteiger partial charge >= 0.3 is 0 Å². The fourth-order valence-electron chi connectivity index (χ4n) is 1.92. The zero-order chi connectivity index (χ0) is 11.8. The fourth-order valence-corrected chi connectivity index (χ4v) is 2.48. The van der Waals surface area contributed by atoms with Crippen LogP contribution in [0.5, 0.6) is 0 Å². The summed E-state index contributed by atoms with van der Waals surface area (Å²) in [6.45, 7) is 0. The molecule has 1 atom stereocenters.